The second-order valence-electron chi connectivity index (χ2n) is 11.3. The highest BCUT2D eigenvalue weighted by molar-refractivity contribution is 5.90. The van der Waals surface area contributed by atoms with Crippen molar-refractivity contribution in [1.29, 1.82) is 0 Å². The van der Waals surface area contributed by atoms with Gasteiger partial charge in [0.1, 0.15) is 23.9 Å². The zero-order valence-corrected chi connectivity index (χ0v) is 17.6. The van der Waals surface area contributed by atoms with Crippen molar-refractivity contribution in [2.45, 2.75) is 56.8 Å². The van der Waals surface area contributed by atoms with Crippen molar-refractivity contribution in [2.24, 2.45) is 34.0 Å². The average Bonchev–Trinajstić information content (AvgIpc) is 3.45. The van der Waals surface area contributed by atoms with E-state index in [1.165, 1.54) is 12.8 Å². The number of likely N-dealkylation sites (tertiary alicyclic amines) is 1. The number of methoxy groups -OCH3 is 1. The molecule has 6 nitrogen and oxygen atoms in total. The minimum Gasteiger partial charge on any atom is -0.508 e. The molecule has 7 aliphatic rings. The van der Waals surface area contributed by atoms with Crippen LogP contribution < -0.4 is 0 Å². The number of Topliss-reactive ketones (excluding diaryl/α,β-unsaturated/α-hetero) is 1. The molecule has 0 aromatic heterocycles. The highest BCUT2D eigenvalue weighted by Gasteiger charge is 2.98. The molecule has 0 amide bonds. The molecule has 160 valence electrons. The predicted octanol–water partition coefficient (Wildman–Crippen LogP) is 2.39. The molecular weight excluding hydrogens is 382 g/mol. The first-order chi connectivity index (χ1) is 14.4. The van der Waals surface area contributed by atoms with Crippen LogP contribution in [0.15, 0.2) is 23.7 Å². The Morgan fingerprint density at radius 3 is 2.90 bits per heavy atom. The van der Waals surface area contributed by atoms with E-state index in [0.29, 0.717) is 18.6 Å². The molecule has 6 fully saturated rings. The molecule has 5 aliphatic carbocycles. The van der Waals surface area contributed by atoms with Crippen molar-refractivity contribution >= 4 is 12.1 Å². The van der Waals surface area contributed by atoms with Crippen LogP contribution in [0.3, 0.4) is 0 Å². The lowest BCUT2D eigenvalue weighted by Gasteiger charge is -2.82. The van der Waals surface area contributed by atoms with Gasteiger partial charge in [0, 0.05) is 42.3 Å². The number of carbonyl (C=O) groups is 2. The van der Waals surface area contributed by atoms with Crippen molar-refractivity contribution in [3.8, 4) is 0 Å². The van der Waals surface area contributed by atoms with E-state index in [1.807, 2.05) is 6.08 Å². The first-order valence-electron chi connectivity index (χ1n) is 11.4. The third-order valence-corrected chi connectivity index (χ3v) is 10.1. The molecule has 6 heteroatoms. The topological polar surface area (TPSA) is 76.1 Å². The molecule has 2 bridgehead atoms. The maximum Gasteiger partial charge on any atom is 0.156 e. The van der Waals surface area contributed by atoms with Crippen LogP contribution >= 0.6 is 0 Å². The number of hydrogen-bond donors (Lipinski definition) is 1. The average molecular weight is 411 g/mol. The van der Waals surface area contributed by atoms with Gasteiger partial charge in [-0.05, 0) is 43.1 Å². The van der Waals surface area contributed by atoms with Gasteiger partial charge in [-0.1, -0.05) is 13.0 Å². The van der Waals surface area contributed by atoms with Crippen LogP contribution in [-0.2, 0) is 19.1 Å². The van der Waals surface area contributed by atoms with E-state index in [9.17, 15) is 14.7 Å². The smallest absolute Gasteiger partial charge is 0.156 e. The van der Waals surface area contributed by atoms with Crippen LogP contribution in [0.5, 0.6) is 0 Å². The molecule has 2 saturated heterocycles. The highest BCUT2D eigenvalue weighted by Crippen LogP contribution is 2.90. The van der Waals surface area contributed by atoms with Gasteiger partial charge in [0.05, 0.1) is 18.6 Å². The van der Waals surface area contributed by atoms with E-state index in [0.717, 1.165) is 31.7 Å². The molecule has 4 saturated carbocycles. The van der Waals surface area contributed by atoms with E-state index in [4.69, 9.17) is 9.47 Å². The van der Waals surface area contributed by atoms with E-state index >= 15 is 0 Å². The monoisotopic (exact) mass is 411 g/mol. The third-order valence-electron chi connectivity index (χ3n) is 10.1. The fourth-order valence-electron chi connectivity index (χ4n) is 9.62. The van der Waals surface area contributed by atoms with Gasteiger partial charge in [-0.15, -0.1) is 0 Å². The Morgan fingerprint density at radius 2 is 2.20 bits per heavy atom. The molecule has 7 rings (SSSR count). The molecule has 8 atom stereocenters. The number of aliphatic hydroxyl groups is 1. The Labute approximate surface area is 176 Å². The van der Waals surface area contributed by atoms with Crippen molar-refractivity contribution < 1.29 is 24.2 Å². The lowest BCUT2D eigenvalue weighted by Crippen LogP contribution is -2.93. The van der Waals surface area contributed by atoms with Crippen molar-refractivity contribution in [1.82, 2.24) is 4.90 Å². The molecule has 0 radical (unpaired) electrons. The fraction of sp³-hybridized carbons (Fsp3) is 0.750. The Balaban J connectivity index is 1.46. The number of ether oxygens (including phenoxy) is 2. The lowest BCUT2D eigenvalue weighted by molar-refractivity contribution is -0.368. The minimum atomic E-state index is -0.697. The summed E-state index contributed by atoms with van der Waals surface area (Å²) in [7, 11) is 1.58. The van der Waals surface area contributed by atoms with Crippen LogP contribution in [-0.4, -0.2) is 60.0 Å². The number of ketones is 1. The Kier molecular flexibility index (Phi) is 3.02. The van der Waals surface area contributed by atoms with Gasteiger partial charge in [0.15, 0.2) is 5.76 Å². The Hall–Kier alpha value is -1.66. The minimum absolute atomic E-state index is 0.0820. The maximum atomic E-state index is 13.3. The van der Waals surface area contributed by atoms with E-state index in [2.05, 4.69) is 17.9 Å². The first-order valence-corrected chi connectivity index (χ1v) is 11.4. The number of nitrogens with zero attached hydrogens (tertiary/aromatic N) is 1. The number of fused-ring (bicyclic) bond motifs is 1. The Morgan fingerprint density at radius 1 is 1.40 bits per heavy atom. The second kappa shape index (κ2) is 5.04. The summed E-state index contributed by atoms with van der Waals surface area (Å²) in [5, 5.41) is 11.4. The first kappa shape index (κ1) is 18.0. The molecule has 7 unspecified atom stereocenters. The molecule has 2 spiro atoms. The van der Waals surface area contributed by atoms with Gasteiger partial charge < -0.3 is 19.4 Å². The van der Waals surface area contributed by atoms with Crippen molar-refractivity contribution in [3.05, 3.63) is 23.7 Å². The number of aldehydes is 1. The largest absolute Gasteiger partial charge is 0.508 e. The van der Waals surface area contributed by atoms with E-state index < -0.39 is 23.0 Å². The zero-order chi connectivity index (χ0) is 20.7. The van der Waals surface area contributed by atoms with Crippen LogP contribution in [0.25, 0.3) is 0 Å². The van der Waals surface area contributed by atoms with Gasteiger partial charge >= 0.3 is 0 Å². The summed E-state index contributed by atoms with van der Waals surface area (Å²) in [6.07, 6.45) is 8.89. The molecule has 2 aliphatic heterocycles. The van der Waals surface area contributed by atoms with Crippen LogP contribution in [0.4, 0.5) is 0 Å². The van der Waals surface area contributed by atoms with Crippen LogP contribution in [0.1, 0.15) is 39.0 Å². The quantitative estimate of drug-likeness (QED) is 0.716. The number of hydrogen-bond acceptors (Lipinski definition) is 6. The number of carbonyl (C=O) groups excluding carboxylic acids is 2. The van der Waals surface area contributed by atoms with Gasteiger partial charge in [-0.25, -0.2) is 0 Å². The van der Waals surface area contributed by atoms with Gasteiger partial charge in [-0.3, -0.25) is 9.69 Å². The number of aliphatic hydroxyl groups excluding tert-OH is 1. The summed E-state index contributed by atoms with van der Waals surface area (Å²) < 4.78 is 12.1. The number of rotatable bonds is 4. The fourth-order valence-corrected chi connectivity index (χ4v) is 9.62. The van der Waals surface area contributed by atoms with Gasteiger partial charge in [0.2, 0.25) is 0 Å². The predicted molar refractivity (Wildman–Crippen MR) is 106 cm³/mol. The van der Waals surface area contributed by atoms with E-state index in [-0.39, 0.29) is 34.3 Å². The summed E-state index contributed by atoms with van der Waals surface area (Å²) in [5.41, 5.74) is -1.39. The summed E-state index contributed by atoms with van der Waals surface area (Å²) >= 11 is 0. The van der Waals surface area contributed by atoms with Crippen LogP contribution in [0.2, 0.25) is 0 Å². The summed E-state index contributed by atoms with van der Waals surface area (Å²) in [6.45, 7) is 4.26. The standard InChI is InChI=1S/C24H29NO5/c1-21-7-6-15(29-2)18(28)19(21)24-17-14(27)5-8-23(24,30-16(17)10-26)20-22(24,11-21)12-25(20)9-13-3-4-13/h6-7,10,13,16-17,19-20,28H,3-5,8-9,11-12H2,1-2H3/t16-,17?,19?,20?,21?,22?,23?,24?/m1/s1. The van der Waals surface area contributed by atoms with Crippen molar-refractivity contribution in [2.75, 3.05) is 20.2 Å². The summed E-state index contributed by atoms with van der Waals surface area (Å²) in [4.78, 5) is 28.0. The van der Waals surface area contributed by atoms with Crippen molar-refractivity contribution in [3.63, 3.8) is 0 Å². The summed E-state index contributed by atoms with van der Waals surface area (Å²) in [6, 6.07) is 0.251. The number of piperidine rings is 1. The molecule has 0 aromatic carbocycles. The summed E-state index contributed by atoms with van der Waals surface area (Å²) in [5.74, 6) is 0.953. The molecule has 2 heterocycles. The third kappa shape index (κ3) is 1.52. The van der Waals surface area contributed by atoms with Gasteiger partial charge in [-0.2, -0.15) is 0 Å². The lowest BCUT2D eigenvalue weighted by atomic mass is 9.28. The molecule has 1 N–H and O–H groups in total. The van der Waals surface area contributed by atoms with Gasteiger partial charge in [0.25, 0.3) is 0 Å². The highest BCUT2D eigenvalue weighted by atomic mass is 16.5. The normalized spacial score (nSPS) is 55.2. The molecular formula is C24H29NO5. The van der Waals surface area contributed by atoms with Crippen LogP contribution in [0, 0.1) is 34.0 Å². The second-order valence-corrected chi connectivity index (χ2v) is 11.3. The molecule has 30 heavy (non-hydrogen) atoms. The number of allylic oxidation sites excluding steroid dienone is 3. The molecule has 0 aromatic rings. The Bertz CT molecular complexity index is 953. The van der Waals surface area contributed by atoms with E-state index in [1.54, 1.807) is 7.11 Å². The SMILES string of the molecule is COC1=C(O)C2C(C)(C=C1)CC13CN(CC4CC4)C1C14CCC(=O)C([C@@H](C=O)O1)C234. The zero-order valence-electron chi connectivity index (χ0n) is 17.6. The maximum absolute atomic E-state index is 13.3.